The van der Waals surface area contributed by atoms with Crippen molar-refractivity contribution in [2.75, 3.05) is 12.4 Å². The molecule has 0 amide bonds. The van der Waals surface area contributed by atoms with Crippen molar-refractivity contribution in [3.8, 4) is 11.5 Å². The van der Waals surface area contributed by atoms with Crippen LogP contribution in [-0.2, 0) is 0 Å². The molecule has 3 nitrogen and oxygen atoms in total. The summed E-state index contributed by atoms with van der Waals surface area (Å²) in [6.45, 7) is 5.83. The average Bonchev–Trinajstić information content (AvgIpc) is 2.15. The molecule has 3 heteroatoms. The molecule has 0 atom stereocenters. The molecule has 0 radical (unpaired) electrons. The van der Waals surface area contributed by atoms with Gasteiger partial charge in [-0.2, -0.15) is 0 Å². The second kappa shape index (κ2) is 4.05. The van der Waals surface area contributed by atoms with Crippen LogP contribution < -0.4 is 5.32 Å². The van der Waals surface area contributed by atoms with E-state index >= 15 is 0 Å². The molecule has 0 saturated carbocycles. The number of hydrogen-bond acceptors (Lipinski definition) is 3. The Bertz CT molecular complexity index is 359. The zero-order chi connectivity index (χ0) is 10.7. The first-order valence-electron chi connectivity index (χ1n) is 4.52. The Morgan fingerprint density at radius 1 is 1.43 bits per heavy atom. The van der Waals surface area contributed by atoms with Gasteiger partial charge in [-0.25, -0.2) is 0 Å². The largest absolute Gasteiger partial charge is 0.508 e. The van der Waals surface area contributed by atoms with E-state index < -0.39 is 0 Å². The summed E-state index contributed by atoms with van der Waals surface area (Å²) in [5, 5.41) is 21.8. The van der Waals surface area contributed by atoms with Crippen molar-refractivity contribution < 1.29 is 10.2 Å². The molecule has 76 valence electrons. The molecule has 0 saturated heterocycles. The summed E-state index contributed by atoms with van der Waals surface area (Å²) in [7, 11) is 1.74. The number of anilines is 1. The van der Waals surface area contributed by atoms with Gasteiger partial charge in [-0.05, 0) is 12.0 Å². The number of hydrogen-bond donors (Lipinski definition) is 3. The van der Waals surface area contributed by atoms with Gasteiger partial charge in [0, 0.05) is 30.4 Å². The monoisotopic (exact) mass is 193 g/mol. The molecule has 1 rings (SSSR count). The number of rotatable bonds is 3. The lowest BCUT2D eigenvalue weighted by atomic mass is 10.0. The number of nitrogens with one attached hydrogen (secondary N) is 1. The number of aromatic hydroxyl groups is 2. The van der Waals surface area contributed by atoms with E-state index in [4.69, 9.17) is 0 Å². The van der Waals surface area contributed by atoms with Gasteiger partial charge < -0.3 is 15.5 Å². The normalized spacial score (nSPS) is 9.86. The molecule has 0 aliphatic rings. The molecular formula is C11H15NO2. The summed E-state index contributed by atoms with van der Waals surface area (Å²) in [6, 6.07) is 2.88. The summed E-state index contributed by atoms with van der Waals surface area (Å²) in [4.78, 5) is 0. The first-order chi connectivity index (χ1) is 6.60. The zero-order valence-corrected chi connectivity index (χ0v) is 8.46. The smallest absolute Gasteiger partial charge is 0.128 e. The fourth-order valence-corrected chi connectivity index (χ4v) is 1.36. The summed E-state index contributed by atoms with van der Waals surface area (Å²) >= 11 is 0. The van der Waals surface area contributed by atoms with Crippen LogP contribution in [0.4, 0.5) is 5.69 Å². The third-order valence-electron chi connectivity index (χ3n) is 2.15. The Balaban J connectivity index is 3.32. The van der Waals surface area contributed by atoms with Gasteiger partial charge in [-0.15, -0.1) is 0 Å². The van der Waals surface area contributed by atoms with Crippen LogP contribution in [0.1, 0.15) is 18.9 Å². The molecule has 0 heterocycles. The van der Waals surface area contributed by atoms with Crippen LogP contribution in [-0.4, -0.2) is 17.3 Å². The third kappa shape index (κ3) is 1.82. The summed E-state index contributed by atoms with van der Waals surface area (Å²) in [5.74, 6) is 0.0979. The van der Waals surface area contributed by atoms with Crippen molar-refractivity contribution in [3.63, 3.8) is 0 Å². The topological polar surface area (TPSA) is 52.5 Å². The molecule has 0 unspecified atom stereocenters. The van der Waals surface area contributed by atoms with E-state index in [9.17, 15) is 10.2 Å². The molecule has 0 bridgehead atoms. The molecule has 1 aromatic rings. The van der Waals surface area contributed by atoms with Crippen molar-refractivity contribution in [2.45, 2.75) is 13.3 Å². The highest BCUT2D eigenvalue weighted by molar-refractivity contribution is 5.80. The van der Waals surface area contributed by atoms with Crippen molar-refractivity contribution in [1.29, 1.82) is 0 Å². The molecular weight excluding hydrogens is 178 g/mol. The van der Waals surface area contributed by atoms with Gasteiger partial charge in [-0.3, -0.25) is 0 Å². The fraction of sp³-hybridized carbons (Fsp3) is 0.273. The Morgan fingerprint density at radius 3 is 2.57 bits per heavy atom. The van der Waals surface area contributed by atoms with Crippen LogP contribution in [0.2, 0.25) is 0 Å². The van der Waals surface area contributed by atoms with Gasteiger partial charge in [0.15, 0.2) is 0 Å². The van der Waals surface area contributed by atoms with E-state index in [1.807, 2.05) is 6.92 Å². The standard InChI is InChI=1S/C11H15NO2/c1-4-7(2)11-9(12-3)5-8(13)6-10(11)14/h5-6,12-14H,2,4H2,1,3H3. The van der Waals surface area contributed by atoms with Crippen molar-refractivity contribution in [3.05, 3.63) is 24.3 Å². The van der Waals surface area contributed by atoms with E-state index in [-0.39, 0.29) is 11.5 Å². The first kappa shape index (κ1) is 10.4. The minimum absolute atomic E-state index is 0.0412. The minimum Gasteiger partial charge on any atom is -0.508 e. The van der Waals surface area contributed by atoms with Gasteiger partial charge in [0.2, 0.25) is 0 Å². The van der Waals surface area contributed by atoms with Crippen molar-refractivity contribution in [2.24, 2.45) is 0 Å². The predicted octanol–water partition coefficient (Wildman–Crippen LogP) is 2.56. The van der Waals surface area contributed by atoms with Gasteiger partial charge in [0.1, 0.15) is 11.5 Å². The maximum atomic E-state index is 9.64. The van der Waals surface area contributed by atoms with E-state index in [2.05, 4.69) is 11.9 Å². The lowest BCUT2D eigenvalue weighted by molar-refractivity contribution is 0.450. The molecule has 0 aromatic heterocycles. The maximum absolute atomic E-state index is 9.64. The van der Waals surface area contributed by atoms with E-state index in [1.54, 1.807) is 13.1 Å². The average molecular weight is 193 g/mol. The van der Waals surface area contributed by atoms with Crippen LogP contribution in [0, 0.1) is 0 Å². The molecule has 0 aliphatic carbocycles. The van der Waals surface area contributed by atoms with Gasteiger partial charge in [-0.1, -0.05) is 13.5 Å². The number of phenolic OH excluding ortho intramolecular Hbond substituents is 2. The van der Waals surface area contributed by atoms with Crippen molar-refractivity contribution in [1.82, 2.24) is 0 Å². The Morgan fingerprint density at radius 2 is 2.07 bits per heavy atom. The highest BCUT2D eigenvalue weighted by Gasteiger charge is 2.10. The van der Waals surface area contributed by atoms with Crippen LogP contribution >= 0.6 is 0 Å². The van der Waals surface area contributed by atoms with Crippen LogP contribution in [0.15, 0.2) is 18.7 Å². The summed E-state index contributed by atoms with van der Waals surface area (Å²) in [5.41, 5.74) is 2.20. The maximum Gasteiger partial charge on any atom is 0.128 e. The van der Waals surface area contributed by atoms with Gasteiger partial charge in [0.25, 0.3) is 0 Å². The number of benzene rings is 1. The lowest BCUT2D eigenvalue weighted by Crippen LogP contribution is -1.94. The second-order valence-electron chi connectivity index (χ2n) is 3.09. The second-order valence-corrected chi connectivity index (χ2v) is 3.09. The third-order valence-corrected chi connectivity index (χ3v) is 2.15. The first-order valence-corrected chi connectivity index (χ1v) is 4.52. The van der Waals surface area contributed by atoms with Gasteiger partial charge >= 0.3 is 0 Å². The van der Waals surface area contributed by atoms with E-state index in [1.165, 1.54) is 6.07 Å². The lowest BCUT2D eigenvalue weighted by Gasteiger charge is -2.12. The molecule has 3 N–H and O–H groups in total. The fourth-order valence-electron chi connectivity index (χ4n) is 1.36. The van der Waals surface area contributed by atoms with Crippen LogP contribution in [0.3, 0.4) is 0 Å². The molecule has 0 spiro atoms. The quantitative estimate of drug-likeness (QED) is 0.691. The predicted molar refractivity (Wildman–Crippen MR) is 58.6 cm³/mol. The SMILES string of the molecule is C=C(CC)c1c(O)cc(O)cc1NC. The number of allylic oxidation sites excluding steroid dienone is 1. The number of phenols is 2. The Labute approximate surface area is 83.7 Å². The molecule has 14 heavy (non-hydrogen) atoms. The molecule has 0 aliphatic heterocycles. The van der Waals surface area contributed by atoms with E-state index in [0.29, 0.717) is 11.3 Å². The van der Waals surface area contributed by atoms with Crippen LogP contribution in [0.25, 0.3) is 5.57 Å². The summed E-state index contributed by atoms with van der Waals surface area (Å²) < 4.78 is 0. The highest BCUT2D eigenvalue weighted by atomic mass is 16.3. The highest BCUT2D eigenvalue weighted by Crippen LogP contribution is 2.36. The van der Waals surface area contributed by atoms with Crippen LogP contribution in [0.5, 0.6) is 11.5 Å². The minimum atomic E-state index is 0.0412. The van der Waals surface area contributed by atoms with Crippen molar-refractivity contribution >= 4 is 11.3 Å². The molecule has 0 fully saturated rings. The summed E-state index contributed by atoms with van der Waals surface area (Å²) in [6.07, 6.45) is 0.757. The van der Waals surface area contributed by atoms with E-state index in [0.717, 1.165) is 12.0 Å². The zero-order valence-electron chi connectivity index (χ0n) is 8.46. The van der Waals surface area contributed by atoms with Gasteiger partial charge in [0.05, 0.1) is 0 Å². The Kier molecular flexibility index (Phi) is 3.02. The Hall–Kier alpha value is -1.64. The molecule has 1 aromatic carbocycles.